The quantitative estimate of drug-likeness (QED) is 0.797. The average molecular weight is 365 g/mol. The SMILES string of the molecule is CS(=O)(=O)c1nnc([C@@H]2CCCN2C(=O)c2ccc3c(c2)OCO3)o1. The molecule has 1 aromatic carbocycles. The van der Waals surface area contributed by atoms with E-state index in [0.717, 1.165) is 12.7 Å². The molecule has 1 saturated heterocycles. The minimum absolute atomic E-state index is 0.131. The Morgan fingerprint density at radius 3 is 2.80 bits per heavy atom. The fourth-order valence-corrected chi connectivity index (χ4v) is 3.39. The molecule has 0 unspecified atom stereocenters. The molecule has 1 amide bonds. The first-order valence-electron chi connectivity index (χ1n) is 7.67. The van der Waals surface area contributed by atoms with Crippen LogP contribution in [0.3, 0.4) is 0 Å². The van der Waals surface area contributed by atoms with Crippen LogP contribution in [0.2, 0.25) is 0 Å². The second-order valence-corrected chi connectivity index (χ2v) is 7.80. The number of likely N-dealkylation sites (tertiary alicyclic amines) is 1. The summed E-state index contributed by atoms with van der Waals surface area (Å²) in [6.45, 7) is 0.657. The molecule has 0 aliphatic carbocycles. The molecule has 2 aliphatic rings. The zero-order valence-corrected chi connectivity index (χ0v) is 14.2. The molecule has 1 aromatic heterocycles. The standard InChI is InChI=1S/C15H15N3O6S/c1-25(20,21)15-17-16-13(24-15)10-3-2-6-18(10)14(19)9-4-5-11-12(7-9)23-8-22-11/h4-5,7,10H,2-3,6,8H2,1H3/t10-/m0/s1. The molecule has 4 rings (SSSR count). The van der Waals surface area contributed by atoms with Crippen LogP contribution in [0.15, 0.2) is 27.8 Å². The number of ether oxygens (including phenoxy) is 2. The van der Waals surface area contributed by atoms with Crippen molar-refractivity contribution in [2.45, 2.75) is 24.1 Å². The van der Waals surface area contributed by atoms with E-state index in [1.54, 1.807) is 23.1 Å². The van der Waals surface area contributed by atoms with Crippen LogP contribution in [-0.2, 0) is 9.84 Å². The van der Waals surface area contributed by atoms with Gasteiger partial charge in [-0.25, -0.2) is 8.42 Å². The number of nitrogens with zero attached hydrogens (tertiary/aromatic N) is 3. The lowest BCUT2D eigenvalue weighted by atomic mass is 10.1. The highest BCUT2D eigenvalue weighted by molar-refractivity contribution is 7.90. The van der Waals surface area contributed by atoms with E-state index in [2.05, 4.69) is 10.2 Å². The van der Waals surface area contributed by atoms with E-state index in [1.807, 2.05) is 0 Å². The van der Waals surface area contributed by atoms with Crippen LogP contribution in [0.1, 0.15) is 35.1 Å². The molecular weight excluding hydrogens is 350 g/mol. The van der Waals surface area contributed by atoms with E-state index in [-0.39, 0.29) is 18.6 Å². The maximum Gasteiger partial charge on any atom is 0.335 e. The molecule has 0 saturated carbocycles. The molecule has 3 heterocycles. The fourth-order valence-electron chi connectivity index (χ4n) is 2.97. The number of benzene rings is 1. The lowest BCUT2D eigenvalue weighted by Gasteiger charge is -2.22. The Bertz CT molecular complexity index is 938. The molecule has 1 atom stereocenters. The van der Waals surface area contributed by atoms with Crippen LogP contribution in [0.4, 0.5) is 0 Å². The van der Waals surface area contributed by atoms with Gasteiger partial charge in [-0.15, -0.1) is 5.10 Å². The number of hydrogen-bond acceptors (Lipinski definition) is 8. The largest absolute Gasteiger partial charge is 0.454 e. The summed E-state index contributed by atoms with van der Waals surface area (Å²) >= 11 is 0. The van der Waals surface area contributed by atoms with Gasteiger partial charge in [-0.1, -0.05) is 5.10 Å². The van der Waals surface area contributed by atoms with Crippen LogP contribution in [0, 0.1) is 0 Å². The highest BCUT2D eigenvalue weighted by atomic mass is 32.2. The van der Waals surface area contributed by atoms with Crippen LogP contribution in [-0.4, -0.2) is 49.0 Å². The molecule has 0 bridgehead atoms. The summed E-state index contributed by atoms with van der Waals surface area (Å²) < 4.78 is 38.8. The van der Waals surface area contributed by atoms with E-state index in [9.17, 15) is 13.2 Å². The molecule has 132 valence electrons. The summed E-state index contributed by atoms with van der Waals surface area (Å²) in [6, 6.07) is 4.55. The number of sulfone groups is 1. The Kier molecular flexibility index (Phi) is 3.64. The first kappa shape index (κ1) is 15.9. The number of carbonyl (C=O) groups is 1. The van der Waals surface area contributed by atoms with Crippen molar-refractivity contribution >= 4 is 15.7 Å². The van der Waals surface area contributed by atoms with Crippen molar-refractivity contribution in [2.24, 2.45) is 0 Å². The Labute approximate surface area is 143 Å². The summed E-state index contributed by atoms with van der Waals surface area (Å²) in [6.07, 6.45) is 2.38. The maximum atomic E-state index is 12.9. The third kappa shape index (κ3) is 2.82. The summed E-state index contributed by atoms with van der Waals surface area (Å²) in [5, 5.41) is 6.94. The van der Waals surface area contributed by atoms with E-state index >= 15 is 0 Å². The van der Waals surface area contributed by atoms with Gasteiger partial charge >= 0.3 is 5.22 Å². The maximum absolute atomic E-state index is 12.9. The predicted octanol–water partition coefficient (Wildman–Crippen LogP) is 1.18. The molecule has 1 fully saturated rings. The van der Waals surface area contributed by atoms with Gasteiger partial charge in [-0.2, -0.15) is 0 Å². The highest BCUT2D eigenvalue weighted by Gasteiger charge is 2.35. The van der Waals surface area contributed by atoms with Crippen molar-refractivity contribution in [1.82, 2.24) is 15.1 Å². The van der Waals surface area contributed by atoms with Gasteiger partial charge in [0.1, 0.15) is 6.04 Å². The van der Waals surface area contributed by atoms with E-state index in [0.29, 0.717) is 30.0 Å². The van der Waals surface area contributed by atoms with Crippen molar-refractivity contribution in [3.63, 3.8) is 0 Å². The van der Waals surface area contributed by atoms with Crippen molar-refractivity contribution in [3.05, 3.63) is 29.7 Å². The number of hydrogen-bond donors (Lipinski definition) is 0. The number of rotatable bonds is 3. The zero-order chi connectivity index (χ0) is 17.6. The van der Waals surface area contributed by atoms with Crippen LogP contribution < -0.4 is 9.47 Å². The van der Waals surface area contributed by atoms with E-state index in [1.165, 1.54) is 0 Å². The fraction of sp³-hybridized carbons (Fsp3) is 0.400. The van der Waals surface area contributed by atoms with Crippen molar-refractivity contribution in [3.8, 4) is 11.5 Å². The molecule has 0 N–H and O–H groups in total. The lowest BCUT2D eigenvalue weighted by molar-refractivity contribution is 0.0712. The lowest BCUT2D eigenvalue weighted by Crippen LogP contribution is -2.30. The van der Waals surface area contributed by atoms with Crippen LogP contribution in [0.5, 0.6) is 11.5 Å². The number of aromatic nitrogens is 2. The van der Waals surface area contributed by atoms with Gasteiger partial charge in [0.05, 0.1) is 0 Å². The monoisotopic (exact) mass is 365 g/mol. The van der Waals surface area contributed by atoms with Gasteiger partial charge in [-0.05, 0) is 31.0 Å². The van der Waals surface area contributed by atoms with Crippen molar-refractivity contribution < 1.29 is 27.1 Å². The van der Waals surface area contributed by atoms with Crippen LogP contribution >= 0.6 is 0 Å². The third-order valence-corrected chi connectivity index (χ3v) is 4.96. The summed E-state index contributed by atoms with van der Waals surface area (Å²) in [5.74, 6) is 1.05. The Hall–Kier alpha value is -2.62. The molecule has 9 nitrogen and oxygen atoms in total. The Morgan fingerprint density at radius 1 is 1.24 bits per heavy atom. The number of amides is 1. The normalized spacial score (nSPS) is 19.4. The molecular formula is C15H15N3O6S. The van der Waals surface area contributed by atoms with Gasteiger partial charge < -0.3 is 18.8 Å². The number of fused-ring (bicyclic) bond motifs is 1. The molecule has 10 heteroatoms. The first-order valence-corrected chi connectivity index (χ1v) is 9.57. The second kappa shape index (κ2) is 5.73. The smallest absolute Gasteiger partial charge is 0.335 e. The van der Waals surface area contributed by atoms with Crippen molar-refractivity contribution in [2.75, 3.05) is 19.6 Å². The predicted molar refractivity (Wildman–Crippen MR) is 83.0 cm³/mol. The van der Waals surface area contributed by atoms with Crippen LogP contribution in [0.25, 0.3) is 0 Å². The molecule has 25 heavy (non-hydrogen) atoms. The highest BCUT2D eigenvalue weighted by Crippen LogP contribution is 2.36. The summed E-state index contributed by atoms with van der Waals surface area (Å²) in [5.41, 5.74) is 0.457. The van der Waals surface area contributed by atoms with Crippen molar-refractivity contribution in [1.29, 1.82) is 0 Å². The van der Waals surface area contributed by atoms with Gasteiger partial charge in [0.15, 0.2) is 11.5 Å². The van der Waals surface area contributed by atoms with Gasteiger partial charge in [0, 0.05) is 18.4 Å². The number of carbonyl (C=O) groups excluding carboxylic acids is 1. The third-order valence-electron chi connectivity index (χ3n) is 4.16. The summed E-state index contributed by atoms with van der Waals surface area (Å²) in [7, 11) is -3.58. The first-order chi connectivity index (χ1) is 11.9. The molecule has 0 radical (unpaired) electrons. The minimum Gasteiger partial charge on any atom is -0.454 e. The van der Waals surface area contributed by atoms with Gasteiger partial charge in [-0.3, -0.25) is 4.79 Å². The van der Waals surface area contributed by atoms with Gasteiger partial charge in [0.25, 0.3) is 5.91 Å². The summed E-state index contributed by atoms with van der Waals surface area (Å²) in [4.78, 5) is 14.5. The average Bonchev–Trinajstić information content (AvgIpc) is 3.30. The Balaban J connectivity index is 1.61. The zero-order valence-electron chi connectivity index (χ0n) is 13.3. The second-order valence-electron chi connectivity index (χ2n) is 5.90. The minimum atomic E-state index is -3.58. The Morgan fingerprint density at radius 2 is 2.04 bits per heavy atom. The molecule has 0 spiro atoms. The van der Waals surface area contributed by atoms with E-state index < -0.39 is 21.1 Å². The van der Waals surface area contributed by atoms with E-state index in [4.69, 9.17) is 13.9 Å². The van der Waals surface area contributed by atoms with Gasteiger partial charge in [0.2, 0.25) is 22.5 Å². The topological polar surface area (TPSA) is 112 Å². The molecule has 2 aliphatic heterocycles. The molecule has 2 aromatic rings.